The zero-order valence-electron chi connectivity index (χ0n) is 11.4. The van der Waals surface area contributed by atoms with Crippen molar-refractivity contribution in [2.75, 3.05) is 19.6 Å². The minimum Gasteiger partial charge on any atom is -0.480 e. The fourth-order valence-corrected chi connectivity index (χ4v) is 1.89. The molecule has 20 heavy (non-hydrogen) atoms. The molecule has 2 amide bonds. The van der Waals surface area contributed by atoms with Crippen molar-refractivity contribution in [1.82, 2.24) is 25.0 Å². The first kappa shape index (κ1) is 14.3. The number of carboxylic acid groups (broad SMARTS) is 1. The molecule has 1 aromatic rings. The van der Waals surface area contributed by atoms with Crippen molar-refractivity contribution in [2.45, 2.75) is 19.3 Å². The van der Waals surface area contributed by atoms with Crippen LogP contribution in [0, 0.1) is 5.92 Å². The van der Waals surface area contributed by atoms with Crippen LogP contribution in [-0.2, 0) is 18.3 Å². The van der Waals surface area contributed by atoms with E-state index in [1.165, 1.54) is 4.90 Å². The van der Waals surface area contributed by atoms with Gasteiger partial charge in [-0.3, -0.25) is 9.48 Å². The number of carbonyl (C=O) groups excluding carboxylic acids is 1. The summed E-state index contributed by atoms with van der Waals surface area (Å²) in [5, 5.41) is 15.6. The van der Waals surface area contributed by atoms with Crippen LogP contribution < -0.4 is 5.32 Å². The quantitative estimate of drug-likeness (QED) is 0.724. The number of aliphatic carboxylic acids is 1. The number of hydrogen-bond donors (Lipinski definition) is 2. The number of nitrogens with one attached hydrogen (secondary N) is 1. The van der Waals surface area contributed by atoms with Crippen molar-refractivity contribution in [1.29, 1.82) is 0 Å². The Morgan fingerprint density at radius 2 is 2.30 bits per heavy atom. The molecule has 110 valence electrons. The van der Waals surface area contributed by atoms with Gasteiger partial charge in [-0.2, -0.15) is 5.10 Å². The lowest BCUT2D eigenvalue weighted by Crippen LogP contribution is -2.44. The maximum Gasteiger partial charge on any atom is 0.323 e. The first-order chi connectivity index (χ1) is 9.54. The molecule has 1 heterocycles. The number of aromatic nitrogens is 3. The van der Waals surface area contributed by atoms with Crippen LogP contribution in [0.4, 0.5) is 4.79 Å². The Balaban J connectivity index is 1.76. The minimum absolute atomic E-state index is 0.260. The molecule has 1 aliphatic rings. The molecule has 8 nitrogen and oxygen atoms in total. The van der Waals surface area contributed by atoms with Gasteiger partial charge >= 0.3 is 12.0 Å². The van der Waals surface area contributed by atoms with Gasteiger partial charge < -0.3 is 15.3 Å². The largest absolute Gasteiger partial charge is 0.480 e. The second-order valence-electron chi connectivity index (χ2n) is 5.03. The average molecular weight is 281 g/mol. The Kier molecular flexibility index (Phi) is 4.54. The molecular weight excluding hydrogens is 262 g/mol. The summed E-state index contributed by atoms with van der Waals surface area (Å²) < 4.78 is 1.60. The Morgan fingerprint density at radius 3 is 2.85 bits per heavy atom. The molecule has 0 aromatic carbocycles. The molecule has 0 bridgehead atoms. The van der Waals surface area contributed by atoms with Gasteiger partial charge in [0, 0.05) is 26.6 Å². The predicted octanol–water partition coefficient (Wildman–Crippen LogP) is -0.136. The number of amides is 2. The minimum atomic E-state index is -0.993. The molecule has 2 rings (SSSR count). The summed E-state index contributed by atoms with van der Waals surface area (Å²) in [6, 6.07) is -0.338. The van der Waals surface area contributed by atoms with Gasteiger partial charge in [-0.05, 0) is 18.8 Å². The molecule has 1 aromatic heterocycles. The third kappa shape index (κ3) is 4.52. The summed E-state index contributed by atoms with van der Waals surface area (Å²) in [6.07, 6.45) is 4.26. The van der Waals surface area contributed by atoms with Gasteiger partial charge in [0.25, 0.3) is 0 Å². The number of rotatable bonds is 7. The van der Waals surface area contributed by atoms with Gasteiger partial charge in [0.1, 0.15) is 12.9 Å². The van der Waals surface area contributed by atoms with Crippen LogP contribution in [-0.4, -0.2) is 56.4 Å². The Morgan fingerprint density at radius 1 is 1.55 bits per heavy atom. The topological polar surface area (TPSA) is 100 Å². The first-order valence-electron chi connectivity index (χ1n) is 6.63. The number of urea groups is 1. The van der Waals surface area contributed by atoms with E-state index in [-0.39, 0.29) is 12.6 Å². The molecule has 2 N–H and O–H groups in total. The maximum atomic E-state index is 11.9. The lowest BCUT2D eigenvalue weighted by atomic mass is 10.3. The molecule has 0 atom stereocenters. The molecular formula is C12H19N5O3. The zero-order chi connectivity index (χ0) is 14.5. The van der Waals surface area contributed by atoms with Gasteiger partial charge in [-0.25, -0.2) is 9.78 Å². The van der Waals surface area contributed by atoms with Gasteiger partial charge in [0.2, 0.25) is 0 Å². The van der Waals surface area contributed by atoms with E-state index in [1.807, 2.05) is 0 Å². The molecule has 8 heteroatoms. The van der Waals surface area contributed by atoms with E-state index in [0.29, 0.717) is 31.3 Å². The highest BCUT2D eigenvalue weighted by Gasteiger charge is 2.27. The van der Waals surface area contributed by atoms with E-state index < -0.39 is 5.97 Å². The van der Waals surface area contributed by atoms with Crippen LogP contribution in [0.15, 0.2) is 6.33 Å². The fourth-order valence-electron chi connectivity index (χ4n) is 1.89. The number of hydrogen-bond acceptors (Lipinski definition) is 4. The van der Waals surface area contributed by atoms with Crippen molar-refractivity contribution in [2.24, 2.45) is 13.0 Å². The van der Waals surface area contributed by atoms with Crippen LogP contribution in [0.5, 0.6) is 0 Å². The lowest BCUT2D eigenvalue weighted by Gasteiger charge is -2.20. The standard InChI is InChI=1S/C12H19N5O3/c1-16-8-14-10(15-16)4-5-13-12(20)17(7-11(18)19)6-9-2-3-9/h8-9H,2-7H2,1H3,(H,13,20)(H,18,19). The summed E-state index contributed by atoms with van der Waals surface area (Å²) in [6.45, 7) is 0.647. The summed E-state index contributed by atoms with van der Waals surface area (Å²) >= 11 is 0. The molecule has 0 aliphatic heterocycles. The van der Waals surface area contributed by atoms with Crippen LogP contribution in [0.25, 0.3) is 0 Å². The highest BCUT2D eigenvalue weighted by molar-refractivity contribution is 5.80. The van der Waals surface area contributed by atoms with Crippen LogP contribution in [0.2, 0.25) is 0 Å². The summed E-state index contributed by atoms with van der Waals surface area (Å²) in [7, 11) is 1.78. The number of carbonyl (C=O) groups is 2. The van der Waals surface area contributed by atoms with Crippen molar-refractivity contribution < 1.29 is 14.7 Å². The van der Waals surface area contributed by atoms with E-state index in [9.17, 15) is 9.59 Å². The van der Waals surface area contributed by atoms with Crippen LogP contribution in [0.1, 0.15) is 18.7 Å². The van der Waals surface area contributed by atoms with Crippen molar-refractivity contribution >= 4 is 12.0 Å². The smallest absolute Gasteiger partial charge is 0.323 e. The second-order valence-corrected chi connectivity index (χ2v) is 5.03. The van der Waals surface area contributed by atoms with E-state index in [0.717, 1.165) is 12.8 Å². The number of aryl methyl sites for hydroxylation is 1. The summed E-state index contributed by atoms with van der Waals surface area (Å²) in [5.74, 6) is 0.115. The van der Waals surface area contributed by atoms with E-state index >= 15 is 0 Å². The van der Waals surface area contributed by atoms with E-state index in [1.54, 1.807) is 18.1 Å². The highest BCUT2D eigenvalue weighted by atomic mass is 16.4. The highest BCUT2D eigenvalue weighted by Crippen LogP contribution is 2.29. The molecule has 0 unspecified atom stereocenters. The first-order valence-corrected chi connectivity index (χ1v) is 6.63. The lowest BCUT2D eigenvalue weighted by molar-refractivity contribution is -0.137. The normalized spacial score (nSPS) is 14.1. The third-order valence-electron chi connectivity index (χ3n) is 3.06. The Bertz CT molecular complexity index is 483. The van der Waals surface area contributed by atoms with Crippen molar-refractivity contribution in [3.63, 3.8) is 0 Å². The van der Waals surface area contributed by atoms with Crippen molar-refractivity contribution in [3.8, 4) is 0 Å². The zero-order valence-corrected chi connectivity index (χ0v) is 11.4. The monoisotopic (exact) mass is 281 g/mol. The Hall–Kier alpha value is -2.12. The van der Waals surface area contributed by atoms with Crippen molar-refractivity contribution in [3.05, 3.63) is 12.2 Å². The molecule has 0 spiro atoms. The molecule has 1 saturated carbocycles. The SMILES string of the molecule is Cn1cnc(CCNC(=O)N(CC(=O)O)CC2CC2)n1. The van der Waals surface area contributed by atoms with Gasteiger partial charge in [-0.1, -0.05) is 0 Å². The second kappa shape index (κ2) is 6.36. The van der Waals surface area contributed by atoms with E-state index in [2.05, 4.69) is 15.4 Å². The summed E-state index contributed by atoms with van der Waals surface area (Å²) in [5.41, 5.74) is 0. The van der Waals surface area contributed by atoms with E-state index in [4.69, 9.17) is 5.11 Å². The van der Waals surface area contributed by atoms with Gasteiger partial charge in [-0.15, -0.1) is 0 Å². The molecule has 1 aliphatic carbocycles. The molecule has 0 saturated heterocycles. The molecule has 0 radical (unpaired) electrons. The Labute approximate surface area is 116 Å². The molecule has 1 fully saturated rings. The maximum absolute atomic E-state index is 11.9. The summed E-state index contributed by atoms with van der Waals surface area (Å²) in [4.78, 5) is 28.1. The average Bonchev–Trinajstić information content (AvgIpc) is 3.09. The fraction of sp³-hybridized carbons (Fsp3) is 0.667. The van der Waals surface area contributed by atoms with Crippen LogP contribution in [0.3, 0.4) is 0 Å². The number of carboxylic acids is 1. The third-order valence-corrected chi connectivity index (χ3v) is 3.06. The predicted molar refractivity (Wildman–Crippen MR) is 70.0 cm³/mol. The number of nitrogens with zero attached hydrogens (tertiary/aromatic N) is 4. The van der Waals surface area contributed by atoms with Gasteiger partial charge in [0.05, 0.1) is 0 Å². The van der Waals surface area contributed by atoms with Crippen LogP contribution >= 0.6 is 0 Å². The van der Waals surface area contributed by atoms with Gasteiger partial charge in [0.15, 0.2) is 5.82 Å².